The van der Waals surface area contributed by atoms with E-state index in [1.807, 2.05) is 24.3 Å². The molecule has 0 spiro atoms. The van der Waals surface area contributed by atoms with Gasteiger partial charge in [-0.05, 0) is 12.0 Å². The molecular weight excluding hydrogens is 340 g/mol. The van der Waals surface area contributed by atoms with Gasteiger partial charge in [0.25, 0.3) is 0 Å². The van der Waals surface area contributed by atoms with Gasteiger partial charge in [-0.1, -0.05) is 30.3 Å². The molecule has 140 valence electrons. The van der Waals surface area contributed by atoms with Crippen LogP contribution in [0, 0.1) is 11.3 Å². The molecule has 0 unspecified atom stereocenters. The molecule has 9 nitrogen and oxygen atoms in total. The van der Waals surface area contributed by atoms with Crippen LogP contribution in [0.25, 0.3) is 0 Å². The molecule has 9 heteroatoms. The van der Waals surface area contributed by atoms with Crippen LogP contribution in [0.3, 0.4) is 0 Å². The summed E-state index contributed by atoms with van der Waals surface area (Å²) in [4.78, 5) is 34.5. The molecule has 2 atom stereocenters. The van der Waals surface area contributed by atoms with Gasteiger partial charge < -0.3 is 26.2 Å². The van der Waals surface area contributed by atoms with Crippen molar-refractivity contribution in [2.75, 3.05) is 6.54 Å². The third kappa shape index (κ3) is 8.65. The summed E-state index contributed by atoms with van der Waals surface area (Å²) in [7, 11) is 0. The highest BCUT2D eigenvalue weighted by molar-refractivity contribution is 5.86. The maximum Gasteiger partial charge on any atom is 0.407 e. The second-order valence-corrected chi connectivity index (χ2v) is 5.52. The first-order valence-electron chi connectivity index (χ1n) is 8.00. The average molecular weight is 362 g/mol. The van der Waals surface area contributed by atoms with Crippen molar-refractivity contribution in [3.05, 3.63) is 35.9 Å². The molecule has 26 heavy (non-hydrogen) atoms. The van der Waals surface area contributed by atoms with Crippen LogP contribution in [-0.4, -0.2) is 41.7 Å². The maximum absolute atomic E-state index is 11.8. The van der Waals surface area contributed by atoms with Crippen LogP contribution in [0.15, 0.2) is 30.3 Å². The minimum atomic E-state index is -1.16. The number of hydrogen-bond acceptors (Lipinski definition) is 6. The standard InChI is InChI=1S/C17H22N4O5/c18-8-4-7-14(16(19)24)21-15(23)9-13(22)10-20-17(25)26-11-12-5-2-1-3-6-12/h1-3,5-6,13-14,22H,4,7,9-11H2,(H2,19,24)(H,20,25)(H,21,23)/t13-,14+/m1/s1. The number of hydrogen-bond donors (Lipinski definition) is 4. The van der Waals surface area contributed by atoms with E-state index in [0.717, 1.165) is 5.56 Å². The maximum atomic E-state index is 11.8. The molecule has 1 aromatic rings. The average Bonchev–Trinajstić information content (AvgIpc) is 2.62. The van der Waals surface area contributed by atoms with Crippen molar-refractivity contribution < 1.29 is 24.2 Å². The lowest BCUT2D eigenvalue weighted by atomic mass is 10.1. The van der Waals surface area contributed by atoms with Crippen LogP contribution >= 0.6 is 0 Å². The van der Waals surface area contributed by atoms with Crippen LogP contribution in [0.2, 0.25) is 0 Å². The number of alkyl carbamates (subject to hydrolysis) is 1. The highest BCUT2D eigenvalue weighted by Crippen LogP contribution is 2.01. The van der Waals surface area contributed by atoms with E-state index in [1.54, 1.807) is 12.1 Å². The fraction of sp³-hybridized carbons (Fsp3) is 0.412. The van der Waals surface area contributed by atoms with E-state index in [-0.39, 0.29) is 32.4 Å². The topological polar surface area (TPSA) is 155 Å². The van der Waals surface area contributed by atoms with Crippen molar-refractivity contribution in [3.63, 3.8) is 0 Å². The second-order valence-electron chi connectivity index (χ2n) is 5.52. The first kappa shape index (κ1) is 20.9. The van der Waals surface area contributed by atoms with Crippen molar-refractivity contribution in [2.45, 2.75) is 38.0 Å². The summed E-state index contributed by atoms with van der Waals surface area (Å²) in [5.74, 6) is -1.37. The number of nitrogens with one attached hydrogen (secondary N) is 2. The zero-order valence-corrected chi connectivity index (χ0v) is 14.2. The van der Waals surface area contributed by atoms with E-state index < -0.39 is 30.1 Å². The highest BCUT2D eigenvalue weighted by Gasteiger charge is 2.20. The molecule has 5 N–H and O–H groups in total. The Kier molecular flexibility index (Phi) is 9.20. The monoisotopic (exact) mass is 362 g/mol. The number of carbonyl (C=O) groups excluding carboxylic acids is 3. The molecule has 1 rings (SSSR count). The third-order valence-corrected chi connectivity index (χ3v) is 3.34. The summed E-state index contributed by atoms with van der Waals surface area (Å²) < 4.78 is 4.97. The van der Waals surface area contributed by atoms with E-state index in [1.165, 1.54) is 0 Å². The van der Waals surface area contributed by atoms with E-state index in [9.17, 15) is 19.5 Å². The number of amides is 3. The Morgan fingerprint density at radius 1 is 1.27 bits per heavy atom. The van der Waals surface area contributed by atoms with Gasteiger partial charge in [0.1, 0.15) is 12.6 Å². The molecule has 0 fully saturated rings. The summed E-state index contributed by atoms with van der Waals surface area (Å²) in [5.41, 5.74) is 5.95. The largest absolute Gasteiger partial charge is 0.445 e. The number of primary amides is 1. The third-order valence-electron chi connectivity index (χ3n) is 3.34. The Hall–Kier alpha value is -3.12. The molecule has 0 aliphatic rings. The smallest absolute Gasteiger partial charge is 0.407 e. The van der Waals surface area contributed by atoms with E-state index in [0.29, 0.717) is 0 Å². The number of carbonyl (C=O) groups is 3. The summed E-state index contributed by atoms with van der Waals surface area (Å²) in [6.07, 6.45) is -2.07. The Morgan fingerprint density at radius 2 is 1.96 bits per heavy atom. The van der Waals surface area contributed by atoms with Crippen molar-refractivity contribution in [1.29, 1.82) is 5.26 Å². The molecule has 0 saturated heterocycles. The lowest BCUT2D eigenvalue weighted by Gasteiger charge is -2.16. The number of nitrogens with two attached hydrogens (primary N) is 1. The van der Waals surface area contributed by atoms with Gasteiger partial charge in [-0.3, -0.25) is 9.59 Å². The summed E-state index contributed by atoms with van der Waals surface area (Å²) >= 11 is 0. The van der Waals surface area contributed by atoms with E-state index in [2.05, 4.69) is 10.6 Å². The number of nitriles is 1. The highest BCUT2D eigenvalue weighted by atomic mass is 16.5. The Morgan fingerprint density at radius 3 is 2.58 bits per heavy atom. The van der Waals surface area contributed by atoms with Gasteiger partial charge in [-0.2, -0.15) is 5.26 Å². The summed E-state index contributed by atoms with van der Waals surface area (Å²) in [6, 6.07) is 9.95. The van der Waals surface area contributed by atoms with Gasteiger partial charge in [0, 0.05) is 13.0 Å². The molecule has 0 aromatic heterocycles. The van der Waals surface area contributed by atoms with E-state index in [4.69, 9.17) is 15.7 Å². The normalized spacial score (nSPS) is 12.3. The number of aliphatic hydroxyl groups excluding tert-OH is 1. The molecule has 0 saturated carbocycles. The summed E-state index contributed by atoms with van der Waals surface area (Å²) in [6.45, 7) is -0.108. The first-order chi connectivity index (χ1) is 12.4. The zero-order chi connectivity index (χ0) is 19.4. The minimum absolute atomic E-state index is 0.0608. The fourth-order valence-corrected chi connectivity index (χ4v) is 2.01. The van der Waals surface area contributed by atoms with Crippen LogP contribution in [0.5, 0.6) is 0 Å². The number of aliphatic hydroxyl groups is 1. The van der Waals surface area contributed by atoms with Crippen molar-refractivity contribution in [1.82, 2.24) is 10.6 Å². The lowest BCUT2D eigenvalue weighted by molar-refractivity contribution is -0.128. The molecule has 0 aliphatic heterocycles. The number of ether oxygens (including phenoxy) is 1. The van der Waals surface area contributed by atoms with Gasteiger partial charge in [0.05, 0.1) is 18.6 Å². The Labute approximate surface area is 151 Å². The Balaban J connectivity index is 2.28. The van der Waals surface area contributed by atoms with Gasteiger partial charge in [-0.25, -0.2) is 4.79 Å². The second kappa shape index (κ2) is 11.4. The molecule has 0 aliphatic carbocycles. The zero-order valence-electron chi connectivity index (χ0n) is 14.2. The Bertz CT molecular complexity index is 644. The number of benzene rings is 1. The molecule has 0 heterocycles. The first-order valence-corrected chi connectivity index (χ1v) is 8.00. The summed E-state index contributed by atoms with van der Waals surface area (Å²) in [5, 5.41) is 23.0. The molecule has 0 radical (unpaired) electrons. The number of nitrogens with zero attached hydrogens (tertiary/aromatic N) is 1. The van der Waals surface area contributed by atoms with Crippen LogP contribution in [-0.2, 0) is 20.9 Å². The van der Waals surface area contributed by atoms with Gasteiger partial charge in [-0.15, -0.1) is 0 Å². The van der Waals surface area contributed by atoms with E-state index >= 15 is 0 Å². The van der Waals surface area contributed by atoms with Gasteiger partial charge in [0.15, 0.2) is 0 Å². The quantitative estimate of drug-likeness (QED) is 0.457. The van der Waals surface area contributed by atoms with Crippen molar-refractivity contribution in [3.8, 4) is 6.07 Å². The fourth-order valence-electron chi connectivity index (χ4n) is 2.01. The van der Waals surface area contributed by atoms with Crippen LogP contribution in [0.1, 0.15) is 24.8 Å². The lowest BCUT2D eigenvalue weighted by Crippen LogP contribution is -2.46. The van der Waals surface area contributed by atoms with Crippen LogP contribution < -0.4 is 16.4 Å². The predicted molar refractivity (Wildman–Crippen MR) is 91.2 cm³/mol. The predicted octanol–water partition coefficient (Wildman–Crippen LogP) is -0.0623. The minimum Gasteiger partial charge on any atom is -0.445 e. The molecular formula is C17H22N4O5. The molecule has 3 amide bonds. The molecule has 1 aromatic carbocycles. The van der Waals surface area contributed by atoms with Crippen molar-refractivity contribution >= 4 is 17.9 Å². The number of rotatable bonds is 10. The van der Waals surface area contributed by atoms with Crippen molar-refractivity contribution in [2.24, 2.45) is 5.73 Å². The van der Waals surface area contributed by atoms with Gasteiger partial charge >= 0.3 is 6.09 Å². The SMILES string of the molecule is N#CCC[C@H](NC(=O)C[C@@H](O)CNC(=O)OCc1ccccc1)C(N)=O. The molecule has 0 bridgehead atoms. The van der Waals surface area contributed by atoms with Gasteiger partial charge in [0.2, 0.25) is 11.8 Å². The van der Waals surface area contributed by atoms with Crippen LogP contribution in [0.4, 0.5) is 4.79 Å².